The zero-order chi connectivity index (χ0) is 24.4. The molecular formula is C26H20F2N4O2S. The van der Waals surface area contributed by atoms with Crippen molar-refractivity contribution in [2.75, 3.05) is 5.32 Å². The van der Waals surface area contributed by atoms with Gasteiger partial charge in [-0.05, 0) is 47.5 Å². The number of hydrazone groups is 1. The fraction of sp³-hybridized carbons (Fsp3) is 0.154. The molecule has 0 unspecified atom stereocenters. The lowest BCUT2D eigenvalue weighted by atomic mass is 9.99. The number of benzene rings is 3. The van der Waals surface area contributed by atoms with Crippen molar-refractivity contribution in [3.8, 4) is 0 Å². The van der Waals surface area contributed by atoms with E-state index in [1.54, 1.807) is 17.1 Å². The van der Waals surface area contributed by atoms with Gasteiger partial charge in [0.15, 0.2) is 5.17 Å². The molecule has 2 aliphatic rings. The minimum absolute atomic E-state index is 0.0851. The summed E-state index contributed by atoms with van der Waals surface area (Å²) in [5.74, 6) is -1.53. The van der Waals surface area contributed by atoms with Crippen LogP contribution < -0.4 is 5.32 Å². The monoisotopic (exact) mass is 490 g/mol. The SMILES string of the molecule is O=C(C[C@@H]1SC(N2N=C(c3ccccc3)C[C@H]2c2ccc(F)cc2)=NC1=O)Nc1ccc(F)cc1. The molecule has 0 bridgehead atoms. The van der Waals surface area contributed by atoms with E-state index in [4.69, 9.17) is 5.10 Å². The summed E-state index contributed by atoms with van der Waals surface area (Å²) in [6, 6.07) is 21.0. The number of thioether (sulfide) groups is 1. The average Bonchev–Trinajstić information content (AvgIpc) is 3.46. The number of carbonyl (C=O) groups excluding carboxylic acids is 2. The first-order valence-electron chi connectivity index (χ1n) is 11.0. The van der Waals surface area contributed by atoms with E-state index in [0.717, 1.165) is 16.8 Å². The van der Waals surface area contributed by atoms with Crippen LogP contribution in [0.25, 0.3) is 0 Å². The first-order chi connectivity index (χ1) is 17.0. The lowest BCUT2D eigenvalue weighted by molar-refractivity contribution is -0.121. The molecule has 0 radical (unpaired) electrons. The molecule has 176 valence electrons. The van der Waals surface area contributed by atoms with Gasteiger partial charge in [-0.15, -0.1) is 0 Å². The van der Waals surface area contributed by atoms with Crippen molar-refractivity contribution in [2.45, 2.75) is 24.1 Å². The van der Waals surface area contributed by atoms with E-state index in [1.807, 2.05) is 30.3 Å². The van der Waals surface area contributed by atoms with Crippen molar-refractivity contribution in [1.29, 1.82) is 0 Å². The van der Waals surface area contributed by atoms with Crippen molar-refractivity contribution in [3.05, 3.63) is 102 Å². The Morgan fingerprint density at radius 3 is 2.31 bits per heavy atom. The van der Waals surface area contributed by atoms with Gasteiger partial charge >= 0.3 is 0 Å². The maximum absolute atomic E-state index is 13.5. The molecule has 0 fully saturated rings. The molecule has 35 heavy (non-hydrogen) atoms. The number of amidine groups is 1. The average molecular weight is 491 g/mol. The number of aliphatic imine (C=N–C) groups is 1. The molecule has 5 rings (SSSR count). The van der Waals surface area contributed by atoms with Crippen LogP contribution in [-0.4, -0.2) is 33.0 Å². The van der Waals surface area contributed by atoms with Crippen LogP contribution in [0.4, 0.5) is 14.5 Å². The van der Waals surface area contributed by atoms with Crippen LogP contribution in [0.15, 0.2) is 89.0 Å². The van der Waals surface area contributed by atoms with Crippen LogP contribution in [0.2, 0.25) is 0 Å². The molecule has 6 nitrogen and oxygen atoms in total. The van der Waals surface area contributed by atoms with Crippen LogP contribution in [-0.2, 0) is 9.59 Å². The van der Waals surface area contributed by atoms with Crippen LogP contribution in [0.3, 0.4) is 0 Å². The predicted octanol–water partition coefficient (Wildman–Crippen LogP) is 5.14. The highest BCUT2D eigenvalue weighted by molar-refractivity contribution is 8.15. The molecule has 2 heterocycles. The van der Waals surface area contributed by atoms with E-state index in [9.17, 15) is 18.4 Å². The summed E-state index contributed by atoms with van der Waals surface area (Å²) in [4.78, 5) is 29.3. The van der Waals surface area contributed by atoms with Crippen molar-refractivity contribution < 1.29 is 18.4 Å². The molecule has 0 aliphatic carbocycles. The van der Waals surface area contributed by atoms with Gasteiger partial charge in [0, 0.05) is 18.5 Å². The largest absolute Gasteiger partial charge is 0.326 e. The number of rotatable bonds is 5. The van der Waals surface area contributed by atoms with Crippen molar-refractivity contribution in [3.63, 3.8) is 0 Å². The third-order valence-electron chi connectivity index (χ3n) is 5.70. The van der Waals surface area contributed by atoms with Gasteiger partial charge in [-0.1, -0.05) is 54.2 Å². The van der Waals surface area contributed by atoms with E-state index in [-0.39, 0.29) is 24.2 Å². The normalized spacial score (nSPS) is 19.5. The third-order valence-corrected chi connectivity index (χ3v) is 6.84. The number of carbonyl (C=O) groups is 2. The standard InChI is InChI=1S/C26H20F2N4O2S/c27-18-8-6-17(7-9-18)22-14-21(16-4-2-1-3-5-16)31-32(22)26-30-25(34)23(35-26)15-24(33)29-20-12-10-19(28)11-13-20/h1-13,22-23H,14-15H2,(H,29,33)/t22-,23-/m0/s1. The zero-order valence-corrected chi connectivity index (χ0v) is 19.2. The maximum Gasteiger partial charge on any atom is 0.262 e. The molecule has 1 N–H and O–H groups in total. The molecule has 0 saturated carbocycles. The first-order valence-corrected chi connectivity index (χ1v) is 11.9. The van der Waals surface area contributed by atoms with Gasteiger partial charge in [-0.2, -0.15) is 10.1 Å². The number of nitrogens with zero attached hydrogens (tertiary/aromatic N) is 3. The Morgan fingerprint density at radius 2 is 1.63 bits per heavy atom. The zero-order valence-electron chi connectivity index (χ0n) is 18.4. The van der Waals surface area contributed by atoms with E-state index < -0.39 is 17.0 Å². The van der Waals surface area contributed by atoms with Gasteiger partial charge in [0.2, 0.25) is 5.91 Å². The van der Waals surface area contributed by atoms with Crippen LogP contribution in [0.1, 0.15) is 30.0 Å². The van der Waals surface area contributed by atoms with Gasteiger partial charge < -0.3 is 5.32 Å². The Kier molecular flexibility index (Phi) is 6.41. The van der Waals surface area contributed by atoms with Gasteiger partial charge in [0.25, 0.3) is 5.91 Å². The summed E-state index contributed by atoms with van der Waals surface area (Å²) >= 11 is 1.18. The van der Waals surface area contributed by atoms with Gasteiger partial charge in [0.1, 0.15) is 16.9 Å². The molecule has 2 atom stereocenters. The van der Waals surface area contributed by atoms with Crippen molar-refractivity contribution in [2.24, 2.45) is 10.1 Å². The van der Waals surface area contributed by atoms with Crippen molar-refractivity contribution >= 4 is 40.1 Å². The Morgan fingerprint density at radius 1 is 0.971 bits per heavy atom. The third kappa shape index (κ3) is 5.14. The smallest absolute Gasteiger partial charge is 0.262 e. The second-order valence-electron chi connectivity index (χ2n) is 8.13. The minimum atomic E-state index is -0.699. The number of hydrogen-bond acceptors (Lipinski definition) is 5. The summed E-state index contributed by atoms with van der Waals surface area (Å²) in [5.41, 5.74) is 3.07. The second kappa shape index (κ2) is 9.79. The van der Waals surface area contributed by atoms with Gasteiger partial charge in [-0.25, -0.2) is 13.8 Å². The number of hydrogen-bond donors (Lipinski definition) is 1. The van der Waals surface area contributed by atoms with E-state index >= 15 is 0 Å². The van der Waals surface area contributed by atoms with Crippen LogP contribution in [0, 0.1) is 11.6 Å². The molecule has 2 aliphatic heterocycles. The van der Waals surface area contributed by atoms with E-state index in [0.29, 0.717) is 17.3 Å². The molecule has 9 heteroatoms. The molecule has 0 saturated heterocycles. The van der Waals surface area contributed by atoms with E-state index in [2.05, 4.69) is 10.3 Å². The summed E-state index contributed by atoms with van der Waals surface area (Å²) in [5, 5.41) is 8.82. The summed E-state index contributed by atoms with van der Waals surface area (Å²) < 4.78 is 26.6. The Balaban J connectivity index is 1.34. The highest BCUT2D eigenvalue weighted by Crippen LogP contribution is 2.38. The summed E-state index contributed by atoms with van der Waals surface area (Å²) in [6.07, 6.45) is 0.470. The Hall–Kier alpha value is -3.85. The molecular weight excluding hydrogens is 470 g/mol. The molecule has 3 aromatic rings. The first kappa shape index (κ1) is 22.9. The van der Waals surface area contributed by atoms with E-state index in [1.165, 1.54) is 48.2 Å². The highest BCUT2D eigenvalue weighted by Gasteiger charge is 2.39. The predicted molar refractivity (Wildman–Crippen MR) is 132 cm³/mol. The second-order valence-corrected chi connectivity index (χ2v) is 9.30. The van der Waals surface area contributed by atoms with Crippen LogP contribution in [0.5, 0.6) is 0 Å². The number of nitrogens with one attached hydrogen (secondary N) is 1. The molecule has 3 aromatic carbocycles. The lowest BCUT2D eigenvalue weighted by Crippen LogP contribution is -2.25. The quantitative estimate of drug-likeness (QED) is 0.537. The topological polar surface area (TPSA) is 74.1 Å². The van der Waals surface area contributed by atoms with Gasteiger partial charge in [-0.3, -0.25) is 9.59 Å². The fourth-order valence-electron chi connectivity index (χ4n) is 3.95. The Bertz CT molecular complexity index is 1310. The number of anilines is 1. The van der Waals surface area contributed by atoms with Gasteiger partial charge in [0.05, 0.1) is 11.8 Å². The van der Waals surface area contributed by atoms with Crippen molar-refractivity contribution in [1.82, 2.24) is 5.01 Å². The highest BCUT2D eigenvalue weighted by atomic mass is 32.2. The maximum atomic E-state index is 13.5. The lowest BCUT2D eigenvalue weighted by Gasteiger charge is -2.23. The molecule has 0 aromatic heterocycles. The molecule has 0 spiro atoms. The Labute approximate surface area is 204 Å². The fourth-order valence-corrected chi connectivity index (χ4v) is 5.02. The molecule has 2 amide bonds. The number of halogens is 2. The van der Waals surface area contributed by atoms with Crippen LogP contribution >= 0.6 is 11.8 Å². The summed E-state index contributed by atoms with van der Waals surface area (Å²) in [6.45, 7) is 0. The number of amides is 2. The summed E-state index contributed by atoms with van der Waals surface area (Å²) in [7, 11) is 0. The minimum Gasteiger partial charge on any atom is -0.326 e.